The maximum Gasteiger partial charge on any atom is 0.263 e. The second kappa shape index (κ2) is 8.61. The predicted molar refractivity (Wildman–Crippen MR) is 111 cm³/mol. The summed E-state index contributed by atoms with van der Waals surface area (Å²) in [7, 11) is -3.85. The van der Waals surface area contributed by atoms with Crippen LogP contribution in [-0.4, -0.2) is 24.8 Å². The van der Waals surface area contributed by atoms with E-state index in [0.717, 1.165) is 5.56 Å². The van der Waals surface area contributed by atoms with E-state index in [1.807, 2.05) is 6.92 Å². The molecule has 2 aromatic carbocycles. The van der Waals surface area contributed by atoms with Gasteiger partial charge >= 0.3 is 0 Å². The van der Waals surface area contributed by atoms with Crippen LogP contribution in [0.25, 0.3) is 0 Å². The molecule has 0 aliphatic heterocycles. The molecule has 1 aromatic heterocycles. The van der Waals surface area contributed by atoms with Gasteiger partial charge in [0.05, 0.1) is 18.0 Å². The highest BCUT2D eigenvalue weighted by molar-refractivity contribution is 7.92. The largest absolute Gasteiger partial charge is 0.494 e. The number of ether oxygens (including phenoxy) is 1. The molecule has 0 unspecified atom stereocenters. The van der Waals surface area contributed by atoms with Gasteiger partial charge < -0.3 is 4.74 Å². The van der Waals surface area contributed by atoms with E-state index >= 15 is 0 Å². The van der Waals surface area contributed by atoms with Crippen molar-refractivity contribution in [2.75, 3.05) is 11.3 Å². The number of anilines is 1. The third-order valence-corrected chi connectivity index (χ3v) is 5.96. The number of hydrogen-bond donors (Lipinski definition) is 1. The Kier molecular flexibility index (Phi) is 6.40. The van der Waals surface area contributed by atoms with Crippen molar-refractivity contribution in [3.8, 4) is 5.75 Å². The zero-order chi connectivity index (χ0) is 20.3. The van der Waals surface area contributed by atoms with Crippen LogP contribution in [0.5, 0.6) is 5.75 Å². The summed E-state index contributed by atoms with van der Waals surface area (Å²) in [5.74, 6) is 0.615. The van der Waals surface area contributed by atoms with Gasteiger partial charge in [-0.15, -0.1) is 0 Å². The van der Waals surface area contributed by atoms with Gasteiger partial charge in [-0.1, -0.05) is 40.9 Å². The molecule has 0 saturated carbocycles. The van der Waals surface area contributed by atoms with Crippen molar-refractivity contribution in [1.82, 2.24) is 9.78 Å². The van der Waals surface area contributed by atoms with E-state index in [1.54, 1.807) is 30.3 Å². The third kappa shape index (κ3) is 4.91. The fourth-order valence-corrected chi connectivity index (χ4v) is 4.18. The number of sulfonamides is 1. The smallest absolute Gasteiger partial charge is 0.263 e. The molecule has 0 fully saturated rings. The van der Waals surface area contributed by atoms with E-state index in [1.165, 1.54) is 23.0 Å². The lowest BCUT2D eigenvalue weighted by molar-refractivity contribution is 0.340. The summed E-state index contributed by atoms with van der Waals surface area (Å²) in [6, 6.07) is 11.2. The Balaban J connectivity index is 1.78. The average molecular weight is 461 g/mol. The fourth-order valence-electron chi connectivity index (χ4n) is 2.44. The van der Waals surface area contributed by atoms with Crippen LogP contribution in [0.4, 0.5) is 5.82 Å². The van der Waals surface area contributed by atoms with Gasteiger partial charge in [-0.25, -0.2) is 8.42 Å². The van der Waals surface area contributed by atoms with Crippen LogP contribution < -0.4 is 9.46 Å². The summed E-state index contributed by atoms with van der Waals surface area (Å²) in [5.41, 5.74) is 0.770. The van der Waals surface area contributed by atoms with Crippen molar-refractivity contribution in [2.24, 2.45) is 0 Å². The predicted octanol–water partition coefficient (Wildman–Crippen LogP) is 5.09. The Labute approximate surface area is 178 Å². The van der Waals surface area contributed by atoms with Crippen LogP contribution in [-0.2, 0) is 16.6 Å². The van der Waals surface area contributed by atoms with Gasteiger partial charge in [0.2, 0.25) is 0 Å². The van der Waals surface area contributed by atoms with E-state index in [9.17, 15) is 8.42 Å². The van der Waals surface area contributed by atoms with Crippen LogP contribution in [0.1, 0.15) is 12.5 Å². The molecule has 10 heteroatoms. The van der Waals surface area contributed by atoms with Gasteiger partial charge in [-0.3, -0.25) is 9.40 Å². The van der Waals surface area contributed by atoms with Crippen LogP contribution in [0.15, 0.2) is 53.6 Å². The molecule has 6 nitrogen and oxygen atoms in total. The van der Waals surface area contributed by atoms with Crippen LogP contribution >= 0.6 is 34.8 Å². The Bertz CT molecular complexity index is 1080. The Hall–Kier alpha value is -1.93. The van der Waals surface area contributed by atoms with Crippen LogP contribution in [0.2, 0.25) is 15.1 Å². The SMILES string of the molecule is CCOc1ccc(S(=O)(=O)Nc2nn(Cc3ccc(Cl)cc3Cl)cc2Cl)cc1. The van der Waals surface area contributed by atoms with Crippen LogP contribution in [0.3, 0.4) is 0 Å². The second-order valence-electron chi connectivity index (χ2n) is 5.77. The molecule has 1 N–H and O–H groups in total. The standard InChI is InChI=1S/C18H16Cl3N3O3S/c1-2-27-14-5-7-15(8-6-14)28(25,26)23-18-17(21)11-24(22-18)10-12-3-4-13(19)9-16(12)20/h3-9,11H,2,10H2,1H3,(H,22,23). The lowest BCUT2D eigenvalue weighted by atomic mass is 10.2. The summed E-state index contributed by atoms with van der Waals surface area (Å²) >= 11 is 18.2. The van der Waals surface area contributed by atoms with E-state index in [0.29, 0.717) is 28.9 Å². The highest BCUT2D eigenvalue weighted by Gasteiger charge is 2.18. The maximum atomic E-state index is 12.6. The van der Waals surface area contributed by atoms with Gasteiger partial charge in [0.1, 0.15) is 10.8 Å². The quantitative estimate of drug-likeness (QED) is 0.533. The van der Waals surface area contributed by atoms with Crippen molar-refractivity contribution in [2.45, 2.75) is 18.4 Å². The Morgan fingerprint density at radius 1 is 1.07 bits per heavy atom. The molecular weight excluding hydrogens is 445 g/mol. The Morgan fingerprint density at radius 2 is 1.79 bits per heavy atom. The number of nitrogens with one attached hydrogen (secondary N) is 1. The highest BCUT2D eigenvalue weighted by Crippen LogP contribution is 2.26. The van der Waals surface area contributed by atoms with E-state index in [-0.39, 0.29) is 15.7 Å². The van der Waals surface area contributed by atoms with Gasteiger partial charge in [-0.05, 0) is 48.9 Å². The number of rotatable bonds is 7. The molecule has 28 heavy (non-hydrogen) atoms. The summed E-state index contributed by atoms with van der Waals surface area (Å²) in [6.45, 7) is 2.65. The van der Waals surface area contributed by atoms with Crippen molar-refractivity contribution < 1.29 is 13.2 Å². The van der Waals surface area contributed by atoms with E-state index in [4.69, 9.17) is 39.5 Å². The first-order valence-corrected chi connectivity index (χ1v) is 10.8. The number of halogens is 3. The summed E-state index contributed by atoms with van der Waals surface area (Å²) < 4.78 is 34.4. The number of nitrogens with zero attached hydrogens (tertiary/aromatic N) is 2. The molecule has 0 spiro atoms. The Morgan fingerprint density at radius 3 is 2.43 bits per heavy atom. The minimum atomic E-state index is -3.85. The third-order valence-electron chi connectivity index (χ3n) is 3.74. The number of aromatic nitrogens is 2. The molecule has 3 rings (SSSR count). The first kappa shape index (κ1) is 20.8. The average Bonchev–Trinajstić information content (AvgIpc) is 2.97. The first-order valence-electron chi connectivity index (χ1n) is 8.21. The molecule has 1 heterocycles. The number of benzene rings is 2. The molecule has 0 aliphatic carbocycles. The van der Waals surface area contributed by atoms with Crippen LogP contribution in [0, 0.1) is 0 Å². The molecule has 0 saturated heterocycles. The van der Waals surface area contributed by atoms with Gasteiger partial charge in [-0.2, -0.15) is 5.10 Å². The van der Waals surface area contributed by atoms with Crippen molar-refractivity contribution in [1.29, 1.82) is 0 Å². The minimum absolute atomic E-state index is 0.0284. The van der Waals surface area contributed by atoms with Gasteiger partial charge in [0.15, 0.2) is 5.82 Å². The molecule has 0 bridgehead atoms. The molecule has 0 atom stereocenters. The normalized spacial score (nSPS) is 11.4. The van der Waals surface area contributed by atoms with E-state index in [2.05, 4.69) is 9.82 Å². The summed E-state index contributed by atoms with van der Waals surface area (Å²) in [4.78, 5) is 0.0716. The summed E-state index contributed by atoms with van der Waals surface area (Å²) in [5, 5.41) is 5.38. The zero-order valence-corrected chi connectivity index (χ0v) is 17.8. The minimum Gasteiger partial charge on any atom is -0.494 e. The fraction of sp³-hybridized carbons (Fsp3) is 0.167. The van der Waals surface area contributed by atoms with Crippen molar-refractivity contribution in [3.63, 3.8) is 0 Å². The second-order valence-corrected chi connectivity index (χ2v) is 8.70. The molecule has 0 radical (unpaired) electrons. The topological polar surface area (TPSA) is 73.2 Å². The lowest BCUT2D eigenvalue weighted by Crippen LogP contribution is -2.14. The monoisotopic (exact) mass is 459 g/mol. The maximum absolute atomic E-state index is 12.6. The van der Waals surface area contributed by atoms with Crippen molar-refractivity contribution >= 4 is 50.6 Å². The van der Waals surface area contributed by atoms with Gasteiger partial charge in [0.25, 0.3) is 10.0 Å². The highest BCUT2D eigenvalue weighted by atomic mass is 35.5. The molecule has 148 valence electrons. The molecule has 3 aromatic rings. The lowest BCUT2D eigenvalue weighted by Gasteiger charge is -2.08. The van der Waals surface area contributed by atoms with Crippen molar-refractivity contribution in [3.05, 3.63) is 69.3 Å². The molecular formula is C18H16Cl3N3O3S. The number of hydrogen-bond acceptors (Lipinski definition) is 4. The first-order chi connectivity index (χ1) is 13.3. The van der Waals surface area contributed by atoms with E-state index < -0.39 is 10.0 Å². The molecule has 0 amide bonds. The summed E-state index contributed by atoms with van der Waals surface area (Å²) in [6.07, 6.45) is 1.52. The zero-order valence-electron chi connectivity index (χ0n) is 14.7. The van der Waals surface area contributed by atoms with Gasteiger partial charge in [0, 0.05) is 16.2 Å². The molecule has 0 aliphatic rings.